The van der Waals surface area contributed by atoms with Crippen molar-refractivity contribution in [3.05, 3.63) is 123 Å². The number of H-pyrrole nitrogens is 1. The highest BCUT2D eigenvalue weighted by molar-refractivity contribution is 5.81. The van der Waals surface area contributed by atoms with E-state index in [1.54, 1.807) is 18.3 Å². The van der Waals surface area contributed by atoms with E-state index in [1.807, 2.05) is 48.7 Å². The Morgan fingerprint density at radius 3 is 2.47 bits per heavy atom. The summed E-state index contributed by atoms with van der Waals surface area (Å²) in [5.41, 5.74) is 5.95. The number of allylic oxidation sites excluding steroid dienone is 6. The Morgan fingerprint density at radius 2 is 1.67 bits per heavy atom. The van der Waals surface area contributed by atoms with Crippen molar-refractivity contribution in [2.45, 2.75) is 6.17 Å². The summed E-state index contributed by atoms with van der Waals surface area (Å²) in [5, 5.41) is 6.91. The summed E-state index contributed by atoms with van der Waals surface area (Å²) in [4.78, 5) is 7.64. The maximum absolute atomic E-state index is 4.43. The van der Waals surface area contributed by atoms with Gasteiger partial charge in [0.15, 0.2) is 0 Å². The summed E-state index contributed by atoms with van der Waals surface area (Å²) in [6.07, 6.45) is 14.5. The number of nitrogens with zero attached hydrogens (tertiary/aromatic N) is 1. The van der Waals surface area contributed by atoms with Gasteiger partial charge in [-0.25, -0.2) is 4.98 Å². The van der Waals surface area contributed by atoms with Crippen molar-refractivity contribution in [1.29, 1.82) is 0 Å². The number of hydrogen-bond acceptors (Lipinski definition) is 3. The van der Waals surface area contributed by atoms with Crippen LogP contribution in [0.4, 0.5) is 11.4 Å². The molecule has 0 fully saturated rings. The molecule has 1 atom stereocenters. The Labute approximate surface area is 178 Å². The summed E-state index contributed by atoms with van der Waals surface area (Å²) in [6, 6.07) is 12.3. The van der Waals surface area contributed by atoms with E-state index in [0.717, 1.165) is 33.6 Å². The number of hydrogen-bond donors (Lipinski definition) is 3. The summed E-state index contributed by atoms with van der Waals surface area (Å²) >= 11 is 0. The molecule has 1 unspecified atom stereocenters. The molecule has 0 spiro atoms. The minimum Gasteiger partial charge on any atom is -0.360 e. The molecule has 3 N–H and O–H groups in total. The first-order valence-corrected chi connectivity index (χ1v) is 9.64. The van der Waals surface area contributed by atoms with E-state index in [-0.39, 0.29) is 6.17 Å². The van der Waals surface area contributed by atoms with Crippen LogP contribution in [0.1, 0.15) is 5.82 Å². The topological polar surface area (TPSA) is 52.7 Å². The molecule has 0 radical (unpaired) electrons. The van der Waals surface area contributed by atoms with E-state index in [1.165, 1.54) is 0 Å². The molecule has 3 rings (SSSR count). The van der Waals surface area contributed by atoms with Gasteiger partial charge in [0.1, 0.15) is 12.0 Å². The third-order valence-electron chi connectivity index (χ3n) is 4.56. The Morgan fingerprint density at radius 1 is 0.900 bits per heavy atom. The van der Waals surface area contributed by atoms with Gasteiger partial charge < -0.3 is 15.6 Å². The minimum absolute atomic E-state index is 0.0383. The third kappa shape index (κ3) is 5.06. The Kier molecular flexibility index (Phi) is 6.85. The highest BCUT2D eigenvalue weighted by Crippen LogP contribution is 2.34. The van der Waals surface area contributed by atoms with E-state index in [9.17, 15) is 0 Å². The van der Waals surface area contributed by atoms with Gasteiger partial charge in [-0.2, -0.15) is 0 Å². The molecule has 4 nitrogen and oxygen atoms in total. The number of fused-ring (bicyclic) bond motifs is 1. The summed E-state index contributed by atoms with van der Waals surface area (Å²) in [7, 11) is 0. The zero-order valence-electron chi connectivity index (χ0n) is 16.9. The highest BCUT2D eigenvalue weighted by atomic mass is 15.2. The molecule has 1 aliphatic heterocycles. The van der Waals surface area contributed by atoms with Crippen LogP contribution in [0, 0.1) is 0 Å². The number of aromatic amines is 1. The average molecular weight is 395 g/mol. The van der Waals surface area contributed by atoms with E-state index in [0.29, 0.717) is 5.82 Å². The maximum atomic E-state index is 4.43. The number of aromatic nitrogens is 2. The van der Waals surface area contributed by atoms with Crippen LogP contribution < -0.4 is 10.6 Å². The molecule has 4 heteroatoms. The Bertz CT molecular complexity index is 1080. The lowest BCUT2D eigenvalue weighted by Crippen LogP contribution is -2.23. The van der Waals surface area contributed by atoms with Crippen molar-refractivity contribution in [2.75, 3.05) is 10.6 Å². The summed E-state index contributed by atoms with van der Waals surface area (Å²) in [6.45, 7) is 15.5. The van der Waals surface area contributed by atoms with Gasteiger partial charge in [0.05, 0.1) is 11.4 Å². The molecule has 1 aliphatic rings. The lowest BCUT2D eigenvalue weighted by Gasteiger charge is -2.12. The molecule has 0 aliphatic carbocycles. The lowest BCUT2D eigenvalue weighted by atomic mass is 10.1. The van der Waals surface area contributed by atoms with Gasteiger partial charge in [0.2, 0.25) is 0 Å². The molecule has 1 aromatic heterocycles. The fraction of sp³-hybridized carbons (Fsp3) is 0.0385. The molecular formula is C26H26N4. The van der Waals surface area contributed by atoms with Crippen molar-refractivity contribution in [3.8, 4) is 11.1 Å². The molecule has 0 saturated heterocycles. The van der Waals surface area contributed by atoms with Gasteiger partial charge in [0.25, 0.3) is 0 Å². The van der Waals surface area contributed by atoms with Gasteiger partial charge in [-0.3, -0.25) is 0 Å². The van der Waals surface area contributed by atoms with Crippen LogP contribution in [0.25, 0.3) is 16.7 Å². The van der Waals surface area contributed by atoms with E-state index < -0.39 is 0 Å². The van der Waals surface area contributed by atoms with Crippen molar-refractivity contribution in [3.63, 3.8) is 0 Å². The quantitative estimate of drug-likeness (QED) is 0.475. The van der Waals surface area contributed by atoms with Crippen LogP contribution >= 0.6 is 0 Å². The molecule has 0 amide bonds. The van der Waals surface area contributed by atoms with Gasteiger partial charge in [0, 0.05) is 18.0 Å². The lowest BCUT2D eigenvalue weighted by molar-refractivity contribution is 1.02. The molecule has 2 aromatic rings. The highest BCUT2D eigenvalue weighted by Gasteiger charge is 2.20. The second-order valence-electron chi connectivity index (χ2n) is 6.69. The zero-order valence-corrected chi connectivity index (χ0v) is 16.9. The van der Waals surface area contributed by atoms with Gasteiger partial charge in [-0.1, -0.05) is 74.9 Å². The van der Waals surface area contributed by atoms with Gasteiger partial charge in [-0.15, -0.1) is 0 Å². The van der Waals surface area contributed by atoms with Crippen molar-refractivity contribution >= 4 is 16.9 Å². The zero-order chi connectivity index (χ0) is 21.3. The molecule has 0 bridgehead atoms. The fourth-order valence-electron chi connectivity index (χ4n) is 2.99. The first kappa shape index (κ1) is 20.7. The predicted octanol–water partition coefficient (Wildman–Crippen LogP) is 6.42. The van der Waals surface area contributed by atoms with Gasteiger partial charge >= 0.3 is 0 Å². The summed E-state index contributed by atoms with van der Waals surface area (Å²) < 4.78 is 0. The molecular weight excluding hydrogens is 368 g/mol. The van der Waals surface area contributed by atoms with E-state index in [2.05, 4.69) is 65.1 Å². The predicted molar refractivity (Wildman–Crippen MR) is 130 cm³/mol. The fourth-order valence-corrected chi connectivity index (χ4v) is 2.99. The van der Waals surface area contributed by atoms with Crippen LogP contribution in [-0.2, 0) is 0 Å². The number of rotatable bonds is 7. The van der Waals surface area contributed by atoms with Gasteiger partial charge in [-0.05, 0) is 41.0 Å². The SMILES string of the molecule is C=C/C=C\C(=C)c1ncccc(-c2ccc3c(c2)NC(C(=C)/C=C\C=C)N3)cc[nH]1. The maximum Gasteiger partial charge on any atom is 0.136 e. The smallest absolute Gasteiger partial charge is 0.136 e. The Balaban J connectivity index is 1.86. The normalized spacial score (nSPS) is 14.5. The molecule has 30 heavy (non-hydrogen) atoms. The molecule has 2 heterocycles. The second-order valence-corrected chi connectivity index (χ2v) is 6.69. The van der Waals surface area contributed by atoms with E-state index >= 15 is 0 Å². The van der Waals surface area contributed by atoms with Crippen molar-refractivity contribution in [2.24, 2.45) is 0 Å². The minimum atomic E-state index is -0.0383. The number of benzene rings is 1. The molecule has 1 aromatic carbocycles. The van der Waals surface area contributed by atoms with E-state index in [4.69, 9.17) is 0 Å². The second kappa shape index (κ2) is 9.94. The largest absolute Gasteiger partial charge is 0.360 e. The monoisotopic (exact) mass is 394 g/mol. The van der Waals surface area contributed by atoms with Crippen molar-refractivity contribution in [1.82, 2.24) is 9.97 Å². The first-order valence-electron chi connectivity index (χ1n) is 9.64. The first-order chi connectivity index (χ1) is 14.6. The number of anilines is 2. The van der Waals surface area contributed by atoms with Crippen LogP contribution in [0.15, 0.2) is 117 Å². The third-order valence-corrected chi connectivity index (χ3v) is 4.56. The van der Waals surface area contributed by atoms with Crippen LogP contribution in [0.2, 0.25) is 0 Å². The van der Waals surface area contributed by atoms with Crippen LogP contribution in [0.5, 0.6) is 0 Å². The average Bonchev–Trinajstić information content (AvgIpc) is 3.23. The molecule has 150 valence electrons. The Hall–Kier alpha value is -4.05. The van der Waals surface area contributed by atoms with Crippen LogP contribution in [-0.4, -0.2) is 16.1 Å². The number of nitrogens with one attached hydrogen (secondary N) is 3. The molecule has 0 saturated carbocycles. The standard InChI is InChI=1S/C26H26N4/c1-5-7-10-19(3)25-27-16-9-12-21(15-17-28-25)22-13-14-23-24(18-22)30-26(29-23)20(4)11-8-6-2/h5-18,26,29-30H,1-4H2,(H,27,28)/b10-7-,11-8-,16-9?,17-15?,21-12?. The summed E-state index contributed by atoms with van der Waals surface area (Å²) in [5.74, 6) is 0.684. The van der Waals surface area contributed by atoms with Crippen LogP contribution in [0.3, 0.4) is 0 Å². The van der Waals surface area contributed by atoms with Crippen molar-refractivity contribution < 1.29 is 0 Å².